The van der Waals surface area contributed by atoms with Gasteiger partial charge in [0, 0.05) is 0 Å². The summed E-state index contributed by atoms with van der Waals surface area (Å²) in [6.07, 6.45) is -0.660. The van der Waals surface area contributed by atoms with Crippen molar-refractivity contribution in [3.63, 3.8) is 0 Å². The van der Waals surface area contributed by atoms with Crippen LogP contribution in [0.2, 0.25) is 0 Å². The fourth-order valence-corrected chi connectivity index (χ4v) is 11.8. The van der Waals surface area contributed by atoms with Crippen molar-refractivity contribution >= 4 is 58.5 Å². The van der Waals surface area contributed by atoms with Crippen molar-refractivity contribution in [2.24, 2.45) is 4.52 Å². The Bertz CT molecular complexity index is 374. The van der Waals surface area contributed by atoms with Gasteiger partial charge in [-0.25, -0.2) is 0 Å². The van der Waals surface area contributed by atoms with Crippen LogP contribution in [0.3, 0.4) is 0 Å². The quantitative estimate of drug-likeness (QED) is 0.350. The van der Waals surface area contributed by atoms with Gasteiger partial charge in [-0.1, -0.05) is 0 Å². The van der Waals surface area contributed by atoms with E-state index in [1.807, 2.05) is 41.5 Å². The van der Waals surface area contributed by atoms with E-state index in [0.29, 0.717) is 8.52 Å². The maximum absolute atomic E-state index is 6.46. The van der Waals surface area contributed by atoms with Gasteiger partial charge in [0.1, 0.15) is 0 Å². The van der Waals surface area contributed by atoms with Crippen molar-refractivity contribution in [1.29, 1.82) is 0 Å². The van der Waals surface area contributed by atoms with Crippen LogP contribution in [0.5, 0.6) is 0 Å². The van der Waals surface area contributed by atoms with Crippen LogP contribution in [0.4, 0.5) is 0 Å². The van der Waals surface area contributed by atoms with Crippen LogP contribution in [0.1, 0.15) is 41.5 Å². The number of halogens is 3. The molecule has 6 nitrogen and oxygen atoms in total. The molecule has 0 aromatic heterocycles. The van der Waals surface area contributed by atoms with Crippen molar-refractivity contribution in [3.8, 4) is 0 Å². The molecule has 21 heavy (non-hydrogen) atoms. The van der Waals surface area contributed by atoms with E-state index in [9.17, 15) is 0 Å². The normalized spacial score (nSPS) is 29.0. The van der Waals surface area contributed by atoms with Gasteiger partial charge in [-0.05, 0) is 0 Å². The Morgan fingerprint density at radius 3 is 1.67 bits per heavy atom. The van der Waals surface area contributed by atoms with E-state index < -0.39 is 15.2 Å². The molecule has 1 rings (SSSR count). The zero-order valence-electron chi connectivity index (χ0n) is 12.8. The molecule has 0 saturated carbocycles. The molecule has 0 aliphatic carbocycles. The van der Waals surface area contributed by atoms with Crippen molar-refractivity contribution < 1.29 is 13.6 Å². The van der Waals surface area contributed by atoms with E-state index in [1.54, 1.807) is 0 Å². The Morgan fingerprint density at radius 1 is 0.952 bits per heavy atom. The fraction of sp³-hybridized carbons (Fsp3) is 1.00. The monoisotopic (exact) mass is 417 g/mol. The molecule has 12 heteroatoms. The molecule has 1 aliphatic heterocycles. The molecule has 1 aliphatic rings. The molecular weight excluding hydrogens is 397 g/mol. The standard InChI is InChI=1S/C9H21Cl3N3O3P3/c1-7(2)16-21(17-8(3)4,18-9(5)6)13-19-14(10)20(12)15(21)11/h7-9H,1-6H3. The fourth-order valence-electron chi connectivity index (χ4n) is 1.69. The Morgan fingerprint density at radius 2 is 1.33 bits per heavy atom. The molecular formula is C9H21Cl3N3O3P3. The molecule has 0 radical (unpaired) electrons. The number of hydrogen-bond acceptors (Lipinski definition) is 6. The van der Waals surface area contributed by atoms with Crippen molar-refractivity contribution in [1.82, 2.24) is 7.92 Å². The van der Waals surface area contributed by atoms with Gasteiger partial charge in [0.15, 0.2) is 0 Å². The summed E-state index contributed by atoms with van der Waals surface area (Å²) in [4.78, 5) is 0. The van der Waals surface area contributed by atoms with Crippen molar-refractivity contribution in [2.45, 2.75) is 59.9 Å². The third kappa shape index (κ3) is 4.59. The molecule has 0 aromatic carbocycles. The van der Waals surface area contributed by atoms with E-state index in [2.05, 4.69) is 4.52 Å². The average Bonchev–Trinajstić information content (AvgIpc) is 2.30. The van der Waals surface area contributed by atoms with Crippen molar-refractivity contribution in [3.05, 3.63) is 0 Å². The minimum atomic E-state index is -4.14. The van der Waals surface area contributed by atoms with Crippen LogP contribution in [0.25, 0.3) is 0 Å². The van der Waals surface area contributed by atoms with Gasteiger partial charge in [0.2, 0.25) is 0 Å². The van der Waals surface area contributed by atoms with Gasteiger partial charge < -0.3 is 0 Å². The maximum atomic E-state index is 6.46. The predicted molar refractivity (Wildman–Crippen MR) is 93.1 cm³/mol. The van der Waals surface area contributed by atoms with Crippen LogP contribution in [-0.4, -0.2) is 26.2 Å². The van der Waals surface area contributed by atoms with E-state index in [0.717, 1.165) is 0 Å². The molecule has 126 valence electrons. The zero-order chi connectivity index (χ0) is 16.4. The molecule has 0 amide bonds. The first-order chi connectivity index (χ1) is 9.52. The van der Waals surface area contributed by atoms with Gasteiger partial charge in [-0.2, -0.15) is 0 Å². The van der Waals surface area contributed by atoms with E-state index >= 15 is 0 Å². The SMILES string of the molecule is CC(C)OP1(OC(C)C)(OC(C)C)N=PN(Cl)P(Cl)N1Cl. The van der Waals surface area contributed by atoms with Crippen LogP contribution in [0, 0.1) is 0 Å². The van der Waals surface area contributed by atoms with Gasteiger partial charge in [0.05, 0.1) is 0 Å². The minimum absolute atomic E-state index is 0.220. The van der Waals surface area contributed by atoms with E-state index in [-0.39, 0.29) is 18.3 Å². The molecule has 0 N–H and O–H groups in total. The third-order valence-corrected chi connectivity index (χ3v) is 13.1. The topological polar surface area (TPSA) is 46.5 Å². The molecule has 0 fully saturated rings. The van der Waals surface area contributed by atoms with Crippen molar-refractivity contribution in [2.75, 3.05) is 0 Å². The van der Waals surface area contributed by atoms with Gasteiger partial charge >= 0.3 is 144 Å². The average molecular weight is 419 g/mol. The summed E-state index contributed by atoms with van der Waals surface area (Å²) in [5.41, 5.74) is 0. The molecule has 1 atom stereocenters. The number of hydrogen-bond donors (Lipinski definition) is 0. The predicted octanol–water partition coefficient (Wildman–Crippen LogP) is 6.83. The molecule has 0 aromatic rings. The second-order valence-electron chi connectivity index (χ2n) is 5.17. The summed E-state index contributed by atoms with van der Waals surface area (Å²) in [6.45, 7) is 11.2. The van der Waals surface area contributed by atoms with Gasteiger partial charge in [-0.3, -0.25) is 0 Å². The summed E-state index contributed by atoms with van der Waals surface area (Å²) in [5, 5.41) is 0. The van der Waals surface area contributed by atoms with Crippen LogP contribution in [0.15, 0.2) is 4.52 Å². The Balaban J connectivity index is 3.46. The Kier molecular flexibility index (Phi) is 7.56. The first-order valence-corrected chi connectivity index (χ1v) is 11.9. The molecule has 1 heterocycles. The summed E-state index contributed by atoms with van der Waals surface area (Å²) >= 11 is 18.8. The van der Waals surface area contributed by atoms with Gasteiger partial charge in [0.25, 0.3) is 0 Å². The molecule has 0 saturated heterocycles. The van der Waals surface area contributed by atoms with Crippen LogP contribution in [-0.2, 0) is 13.6 Å². The second kappa shape index (κ2) is 7.68. The first kappa shape index (κ1) is 20.7. The summed E-state index contributed by atoms with van der Waals surface area (Å²) in [6, 6.07) is 0. The Labute approximate surface area is 144 Å². The van der Waals surface area contributed by atoms with E-state index in [1.165, 1.54) is 7.92 Å². The first-order valence-electron chi connectivity index (χ1n) is 6.43. The summed E-state index contributed by atoms with van der Waals surface area (Å²) in [7, 11) is -5.35. The van der Waals surface area contributed by atoms with E-state index in [4.69, 9.17) is 48.4 Å². The van der Waals surface area contributed by atoms with Crippen LogP contribution < -0.4 is 0 Å². The summed E-state index contributed by atoms with van der Waals surface area (Å²) in [5.74, 6) is 0. The molecule has 0 spiro atoms. The summed E-state index contributed by atoms with van der Waals surface area (Å²) < 4.78 is 25.2. The Hall–Kier alpha value is 1.63. The second-order valence-corrected chi connectivity index (χ2v) is 13.5. The zero-order valence-corrected chi connectivity index (χ0v) is 17.7. The molecule has 1 unspecified atom stereocenters. The number of nitrogens with zero attached hydrogens (tertiary/aromatic N) is 3. The van der Waals surface area contributed by atoms with Gasteiger partial charge in [-0.15, -0.1) is 0 Å². The van der Waals surface area contributed by atoms with Crippen LogP contribution >= 0.6 is 58.5 Å². The third-order valence-electron chi connectivity index (χ3n) is 1.99. The number of rotatable bonds is 6. The molecule has 0 bridgehead atoms.